The van der Waals surface area contributed by atoms with Gasteiger partial charge in [0, 0.05) is 12.2 Å². The Kier molecular flexibility index (Phi) is 2.94. The number of hydrogen-bond donors (Lipinski definition) is 0. The maximum Gasteiger partial charge on any atom is 0.244 e. The molecule has 1 heterocycles. The Labute approximate surface area is 83.4 Å². The molecule has 1 atom stereocenters. The molecule has 0 aliphatic rings. The Morgan fingerprint density at radius 1 is 1.29 bits per heavy atom. The van der Waals surface area contributed by atoms with Crippen molar-refractivity contribution in [1.29, 1.82) is 0 Å². The molecular formula is C8H14N2O3S. The van der Waals surface area contributed by atoms with E-state index in [1.807, 2.05) is 13.8 Å². The number of rotatable bonds is 3. The lowest BCUT2D eigenvalue weighted by Gasteiger charge is -2.01. The Morgan fingerprint density at radius 2 is 1.86 bits per heavy atom. The molecule has 1 rings (SSSR count). The topological polar surface area (TPSA) is 73.1 Å². The molecule has 1 unspecified atom stereocenters. The molecule has 0 aliphatic carbocycles. The molecule has 0 spiro atoms. The number of sulfone groups is 1. The third-order valence-corrected chi connectivity index (χ3v) is 3.45. The van der Waals surface area contributed by atoms with Gasteiger partial charge in [0.1, 0.15) is 5.25 Å². The highest BCUT2D eigenvalue weighted by Gasteiger charge is 2.24. The van der Waals surface area contributed by atoms with Gasteiger partial charge in [-0.15, -0.1) is 0 Å². The van der Waals surface area contributed by atoms with Gasteiger partial charge >= 0.3 is 0 Å². The lowest BCUT2D eigenvalue weighted by molar-refractivity contribution is 0.370. The molecule has 14 heavy (non-hydrogen) atoms. The molecule has 0 saturated carbocycles. The van der Waals surface area contributed by atoms with Crippen LogP contribution in [0.15, 0.2) is 4.52 Å². The van der Waals surface area contributed by atoms with Gasteiger partial charge in [0.25, 0.3) is 0 Å². The van der Waals surface area contributed by atoms with Crippen LogP contribution >= 0.6 is 0 Å². The molecule has 0 amide bonds. The zero-order chi connectivity index (χ0) is 10.9. The van der Waals surface area contributed by atoms with Crippen molar-refractivity contribution < 1.29 is 12.9 Å². The Morgan fingerprint density at radius 3 is 2.21 bits per heavy atom. The molecule has 6 heteroatoms. The summed E-state index contributed by atoms with van der Waals surface area (Å²) < 4.78 is 27.2. The van der Waals surface area contributed by atoms with E-state index in [0.717, 1.165) is 6.26 Å². The minimum Gasteiger partial charge on any atom is -0.338 e. The SMILES string of the molecule is CC(C)c1noc(C(C)S(C)(=O)=O)n1. The second-order valence-electron chi connectivity index (χ2n) is 3.62. The number of nitrogens with zero attached hydrogens (tertiary/aromatic N) is 2. The quantitative estimate of drug-likeness (QED) is 0.764. The summed E-state index contributed by atoms with van der Waals surface area (Å²) in [6.45, 7) is 5.37. The molecule has 80 valence electrons. The summed E-state index contributed by atoms with van der Waals surface area (Å²) in [5.41, 5.74) is 0. The van der Waals surface area contributed by atoms with Crippen LogP contribution in [0.3, 0.4) is 0 Å². The largest absolute Gasteiger partial charge is 0.338 e. The second-order valence-corrected chi connectivity index (χ2v) is 5.98. The van der Waals surface area contributed by atoms with Crippen LogP contribution in [0.1, 0.15) is 43.7 Å². The van der Waals surface area contributed by atoms with E-state index in [1.165, 1.54) is 6.92 Å². The monoisotopic (exact) mass is 218 g/mol. The van der Waals surface area contributed by atoms with Crippen molar-refractivity contribution in [3.05, 3.63) is 11.7 Å². The minimum absolute atomic E-state index is 0.138. The van der Waals surface area contributed by atoms with Crippen molar-refractivity contribution in [3.63, 3.8) is 0 Å². The first kappa shape index (κ1) is 11.2. The predicted octanol–water partition coefficient (Wildman–Crippen LogP) is 1.30. The lowest BCUT2D eigenvalue weighted by Crippen LogP contribution is -2.08. The van der Waals surface area contributed by atoms with Crippen molar-refractivity contribution in [2.24, 2.45) is 0 Å². The van der Waals surface area contributed by atoms with Gasteiger partial charge in [-0.05, 0) is 6.92 Å². The van der Waals surface area contributed by atoms with Gasteiger partial charge in [0.05, 0.1) is 0 Å². The van der Waals surface area contributed by atoms with Crippen LogP contribution in [0.4, 0.5) is 0 Å². The van der Waals surface area contributed by atoms with Crippen LogP contribution in [0.5, 0.6) is 0 Å². The van der Waals surface area contributed by atoms with Crippen molar-refractivity contribution in [3.8, 4) is 0 Å². The Bertz CT molecular complexity index is 408. The molecule has 1 aromatic rings. The summed E-state index contributed by atoms with van der Waals surface area (Å²) in [4.78, 5) is 4.02. The minimum atomic E-state index is -3.16. The molecule has 5 nitrogen and oxygen atoms in total. The van der Waals surface area contributed by atoms with Gasteiger partial charge in [0.15, 0.2) is 15.7 Å². The van der Waals surface area contributed by atoms with E-state index >= 15 is 0 Å². The third kappa shape index (κ3) is 2.31. The second kappa shape index (κ2) is 3.68. The molecule has 0 saturated heterocycles. The van der Waals surface area contributed by atoms with Gasteiger partial charge in [0.2, 0.25) is 5.89 Å². The van der Waals surface area contributed by atoms with Crippen LogP contribution in [-0.2, 0) is 9.84 Å². The fourth-order valence-corrected chi connectivity index (χ4v) is 1.29. The van der Waals surface area contributed by atoms with Gasteiger partial charge in [-0.1, -0.05) is 19.0 Å². The zero-order valence-electron chi connectivity index (χ0n) is 8.68. The highest BCUT2D eigenvalue weighted by atomic mass is 32.2. The summed E-state index contributed by atoms with van der Waals surface area (Å²) in [7, 11) is -3.16. The standard InChI is InChI=1S/C8H14N2O3S/c1-5(2)7-9-8(13-10-7)6(3)14(4,11)12/h5-6H,1-4H3. The van der Waals surface area contributed by atoms with Gasteiger partial charge < -0.3 is 4.52 Å². The van der Waals surface area contributed by atoms with E-state index in [9.17, 15) is 8.42 Å². The average Bonchev–Trinajstić information content (AvgIpc) is 2.48. The van der Waals surface area contributed by atoms with Crippen molar-refractivity contribution >= 4 is 9.84 Å². The smallest absolute Gasteiger partial charge is 0.244 e. The van der Waals surface area contributed by atoms with Crippen molar-refractivity contribution in [1.82, 2.24) is 10.1 Å². The Balaban J connectivity index is 2.98. The van der Waals surface area contributed by atoms with Crippen molar-refractivity contribution in [2.75, 3.05) is 6.26 Å². The summed E-state index contributed by atoms with van der Waals surface area (Å²) in [6.07, 6.45) is 1.15. The average molecular weight is 218 g/mol. The first-order chi connectivity index (χ1) is 6.32. The predicted molar refractivity (Wildman–Crippen MR) is 51.6 cm³/mol. The van der Waals surface area contributed by atoms with E-state index in [2.05, 4.69) is 10.1 Å². The van der Waals surface area contributed by atoms with Crippen LogP contribution in [-0.4, -0.2) is 24.8 Å². The number of hydrogen-bond acceptors (Lipinski definition) is 5. The van der Waals surface area contributed by atoms with Crippen LogP contribution in [0, 0.1) is 0 Å². The first-order valence-electron chi connectivity index (χ1n) is 4.34. The summed E-state index contributed by atoms with van der Waals surface area (Å²) in [6, 6.07) is 0. The normalized spacial score (nSPS) is 14.6. The molecule has 0 radical (unpaired) electrons. The Hall–Kier alpha value is -0.910. The van der Waals surface area contributed by atoms with E-state index in [-0.39, 0.29) is 11.8 Å². The maximum absolute atomic E-state index is 11.2. The van der Waals surface area contributed by atoms with E-state index in [0.29, 0.717) is 5.82 Å². The number of aromatic nitrogens is 2. The van der Waals surface area contributed by atoms with E-state index in [4.69, 9.17) is 4.52 Å². The van der Waals surface area contributed by atoms with Crippen LogP contribution in [0.25, 0.3) is 0 Å². The summed E-state index contributed by atoms with van der Waals surface area (Å²) in [5, 5.41) is 2.97. The molecule has 0 aromatic carbocycles. The van der Waals surface area contributed by atoms with E-state index in [1.54, 1.807) is 0 Å². The maximum atomic E-state index is 11.2. The van der Waals surface area contributed by atoms with Crippen molar-refractivity contribution in [2.45, 2.75) is 31.9 Å². The van der Waals surface area contributed by atoms with E-state index < -0.39 is 15.1 Å². The van der Waals surface area contributed by atoms with Gasteiger partial charge in [-0.2, -0.15) is 4.98 Å². The highest BCUT2D eigenvalue weighted by Crippen LogP contribution is 2.20. The van der Waals surface area contributed by atoms with Crippen LogP contribution < -0.4 is 0 Å². The third-order valence-electron chi connectivity index (χ3n) is 1.96. The molecule has 1 aromatic heterocycles. The molecular weight excluding hydrogens is 204 g/mol. The lowest BCUT2D eigenvalue weighted by atomic mass is 10.2. The summed E-state index contributed by atoms with van der Waals surface area (Å²) in [5.74, 6) is 0.839. The van der Waals surface area contributed by atoms with Crippen LogP contribution in [0.2, 0.25) is 0 Å². The first-order valence-corrected chi connectivity index (χ1v) is 6.30. The highest BCUT2D eigenvalue weighted by molar-refractivity contribution is 7.90. The molecule has 0 fully saturated rings. The molecule has 0 N–H and O–H groups in total. The molecule has 0 bridgehead atoms. The zero-order valence-corrected chi connectivity index (χ0v) is 9.50. The fraction of sp³-hybridized carbons (Fsp3) is 0.750. The summed E-state index contributed by atoms with van der Waals surface area (Å²) >= 11 is 0. The van der Waals surface area contributed by atoms with Gasteiger partial charge in [-0.3, -0.25) is 0 Å². The van der Waals surface area contributed by atoms with Gasteiger partial charge in [-0.25, -0.2) is 8.42 Å². The fourth-order valence-electron chi connectivity index (χ4n) is 0.830. The molecule has 0 aliphatic heterocycles.